The molecule has 106 valence electrons. The third kappa shape index (κ3) is 4.67. The van der Waals surface area contributed by atoms with E-state index in [2.05, 4.69) is 27.3 Å². The molecule has 2 rings (SSSR count). The summed E-state index contributed by atoms with van der Waals surface area (Å²) in [5, 5.41) is 9.62. The van der Waals surface area contributed by atoms with Crippen LogP contribution in [0.15, 0.2) is 12.4 Å². The first-order valence-corrected chi connectivity index (χ1v) is 7.24. The number of likely N-dealkylation sites (tertiary alicyclic amines) is 1. The minimum absolute atomic E-state index is 0.162. The van der Waals surface area contributed by atoms with Crippen LogP contribution in [0.5, 0.6) is 0 Å². The van der Waals surface area contributed by atoms with Gasteiger partial charge in [-0.3, -0.25) is 9.89 Å². The standard InChI is InChI=1S/C14H24N4O/c1-12(18-8-2-3-9-18)4-5-14(19)15-7-6-13-10-16-17-11-13/h10-12H,2-9H2,1H3,(H,15,19)(H,16,17). The third-order valence-corrected chi connectivity index (χ3v) is 3.84. The van der Waals surface area contributed by atoms with Crippen LogP contribution in [0.25, 0.3) is 0 Å². The number of carbonyl (C=O) groups is 1. The number of nitrogens with zero attached hydrogens (tertiary/aromatic N) is 2. The van der Waals surface area contributed by atoms with Crippen molar-refractivity contribution in [2.45, 2.75) is 45.1 Å². The normalized spacial score (nSPS) is 17.5. The first kappa shape index (κ1) is 14.1. The lowest BCUT2D eigenvalue weighted by Gasteiger charge is -2.23. The van der Waals surface area contributed by atoms with Crippen molar-refractivity contribution in [3.05, 3.63) is 18.0 Å². The van der Waals surface area contributed by atoms with Gasteiger partial charge in [0.1, 0.15) is 0 Å². The smallest absolute Gasteiger partial charge is 0.220 e. The van der Waals surface area contributed by atoms with Gasteiger partial charge in [-0.25, -0.2) is 0 Å². The molecule has 1 aromatic heterocycles. The summed E-state index contributed by atoms with van der Waals surface area (Å²) in [5.74, 6) is 0.162. The minimum Gasteiger partial charge on any atom is -0.356 e. The van der Waals surface area contributed by atoms with E-state index in [9.17, 15) is 4.79 Å². The van der Waals surface area contributed by atoms with Crippen molar-refractivity contribution in [2.75, 3.05) is 19.6 Å². The zero-order valence-corrected chi connectivity index (χ0v) is 11.7. The Labute approximate surface area is 114 Å². The zero-order valence-electron chi connectivity index (χ0n) is 11.7. The second kappa shape index (κ2) is 7.28. The quantitative estimate of drug-likeness (QED) is 0.781. The third-order valence-electron chi connectivity index (χ3n) is 3.84. The van der Waals surface area contributed by atoms with Gasteiger partial charge in [-0.15, -0.1) is 0 Å². The van der Waals surface area contributed by atoms with Crippen LogP contribution in [0.2, 0.25) is 0 Å². The molecule has 1 aliphatic heterocycles. The van der Waals surface area contributed by atoms with Gasteiger partial charge >= 0.3 is 0 Å². The fourth-order valence-corrected chi connectivity index (χ4v) is 2.55. The summed E-state index contributed by atoms with van der Waals surface area (Å²) >= 11 is 0. The van der Waals surface area contributed by atoms with Crippen LogP contribution < -0.4 is 5.32 Å². The van der Waals surface area contributed by atoms with Crippen molar-refractivity contribution in [3.8, 4) is 0 Å². The van der Waals surface area contributed by atoms with Gasteiger partial charge in [0.2, 0.25) is 5.91 Å². The molecule has 0 aliphatic carbocycles. The van der Waals surface area contributed by atoms with E-state index in [4.69, 9.17) is 0 Å². The zero-order chi connectivity index (χ0) is 13.5. The van der Waals surface area contributed by atoms with E-state index in [0.717, 1.165) is 18.4 Å². The van der Waals surface area contributed by atoms with Gasteiger partial charge in [-0.05, 0) is 51.3 Å². The predicted octanol–water partition coefficient (Wildman–Crippen LogP) is 1.33. The molecule has 1 atom stereocenters. The highest BCUT2D eigenvalue weighted by Crippen LogP contribution is 2.14. The Bertz CT molecular complexity index is 371. The van der Waals surface area contributed by atoms with Crippen LogP contribution in [0.4, 0.5) is 0 Å². The van der Waals surface area contributed by atoms with Crippen molar-refractivity contribution in [1.29, 1.82) is 0 Å². The number of hydrogen-bond donors (Lipinski definition) is 2. The summed E-state index contributed by atoms with van der Waals surface area (Å²) in [4.78, 5) is 14.2. The largest absolute Gasteiger partial charge is 0.356 e. The number of nitrogens with one attached hydrogen (secondary N) is 2. The maximum atomic E-state index is 11.7. The number of aromatic nitrogens is 2. The van der Waals surface area contributed by atoms with E-state index in [1.807, 2.05) is 6.20 Å². The molecule has 1 saturated heterocycles. The average molecular weight is 264 g/mol. The first-order valence-electron chi connectivity index (χ1n) is 7.24. The number of aromatic amines is 1. The number of hydrogen-bond acceptors (Lipinski definition) is 3. The minimum atomic E-state index is 0.162. The van der Waals surface area contributed by atoms with Crippen LogP contribution in [0.1, 0.15) is 38.2 Å². The Kier molecular flexibility index (Phi) is 5.39. The lowest BCUT2D eigenvalue weighted by Crippen LogP contribution is -2.32. The van der Waals surface area contributed by atoms with E-state index < -0.39 is 0 Å². The molecule has 1 aliphatic rings. The molecule has 5 heteroatoms. The Morgan fingerprint density at radius 1 is 1.53 bits per heavy atom. The Hall–Kier alpha value is -1.36. The van der Waals surface area contributed by atoms with Crippen LogP contribution in [0, 0.1) is 0 Å². The van der Waals surface area contributed by atoms with Crippen molar-refractivity contribution >= 4 is 5.91 Å². The molecule has 0 saturated carbocycles. The fourth-order valence-electron chi connectivity index (χ4n) is 2.55. The van der Waals surface area contributed by atoms with E-state index in [1.54, 1.807) is 6.20 Å². The number of carbonyl (C=O) groups excluding carboxylic acids is 1. The van der Waals surface area contributed by atoms with Crippen LogP contribution in [-0.4, -0.2) is 46.7 Å². The maximum Gasteiger partial charge on any atom is 0.220 e. The van der Waals surface area contributed by atoms with Gasteiger partial charge in [0.25, 0.3) is 0 Å². The summed E-state index contributed by atoms with van der Waals surface area (Å²) in [5.41, 5.74) is 1.13. The van der Waals surface area contributed by atoms with E-state index >= 15 is 0 Å². The molecule has 5 nitrogen and oxygen atoms in total. The molecule has 1 amide bonds. The van der Waals surface area contributed by atoms with Crippen molar-refractivity contribution in [3.63, 3.8) is 0 Å². The first-order chi connectivity index (χ1) is 9.25. The summed E-state index contributed by atoms with van der Waals surface area (Å²) in [6.45, 7) is 5.31. The molecule has 1 aromatic rings. The topological polar surface area (TPSA) is 61.0 Å². The number of amides is 1. The molecule has 1 unspecified atom stereocenters. The SMILES string of the molecule is CC(CCC(=O)NCCc1cn[nH]c1)N1CCCC1. The summed E-state index contributed by atoms with van der Waals surface area (Å²) in [6, 6.07) is 0.530. The van der Waals surface area contributed by atoms with Gasteiger partial charge in [-0.2, -0.15) is 5.10 Å². The van der Waals surface area contributed by atoms with Gasteiger partial charge < -0.3 is 10.2 Å². The molecular weight excluding hydrogens is 240 g/mol. The Morgan fingerprint density at radius 2 is 2.32 bits per heavy atom. The monoisotopic (exact) mass is 264 g/mol. The second-order valence-electron chi connectivity index (χ2n) is 5.34. The fraction of sp³-hybridized carbons (Fsp3) is 0.714. The molecule has 0 radical (unpaired) electrons. The highest BCUT2D eigenvalue weighted by molar-refractivity contribution is 5.75. The molecule has 0 aromatic carbocycles. The predicted molar refractivity (Wildman–Crippen MR) is 74.8 cm³/mol. The second-order valence-corrected chi connectivity index (χ2v) is 5.34. The van der Waals surface area contributed by atoms with Crippen molar-refractivity contribution in [2.24, 2.45) is 0 Å². The van der Waals surface area contributed by atoms with E-state index in [0.29, 0.717) is 19.0 Å². The molecular formula is C14H24N4O. The van der Waals surface area contributed by atoms with Gasteiger partial charge in [0, 0.05) is 25.2 Å². The van der Waals surface area contributed by atoms with Gasteiger partial charge in [-0.1, -0.05) is 0 Å². The summed E-state index contributed by atoms with van der Waals surface area (Å²) in [6.07, 6.45) is 8.69. The summed E-state index contributed by atoms with van der Waals surface area (Å²) in [7, 11) is 0. The molecule has 2 heterocycles. The highest BCUT2D eigenvalue weighted by Gasteiger charge is 2.18. The average Bonchev–Trinajstić information content (AvgIpc) is 3.08. The summed E-state index contributed by atoms with van der Waals surface area (Å²) < 4.78 is 0. The van der Waals surface area contributed by atoms with Crippen molar-refractivity contribution in [1.82, 2.24) is 20.4 Å². The van der Waals surface area contributed by atoms with E-state index in [-0.39, 0.29) is 5.91 Å². The molecule has 0 bridgehead atoms. The van der Waals surface area contributed by atoms with Crippen LogP contribution in [0.3, 0.4) is 0 Å². The molecule has 19 heavy (non-hydrogen) atoms. The molecule has 1 fully saturated rings. The Balaban J connectivity index is 1.56. The Morgan fingerprint density at radius 3 is 3.00 bits per heavy atom. The number of H-pyrrole nitrogens is 1. The molecule has 2 N–H and O–H groups in total. The van der Waals surface area contributed by atoms with Gasteiger partial charge in [0.05, 0.1) is 6.20 Å². The van der Waals surface area contributed by atoms with Gasteiger partial charge in [0.15, 0.2) is 0 Å². The van der Waals surface area contributed by atoms with Crippen LogP contribution in [-0.2, 0) is 11.2 Å². The van der Waals surface area contributed by atoms with Crippen molar-refractivity contribution < 1.29 is 4.79 Å². The molecule has 0 spiro atoms. The lowest BCUT2D eigenvalue weighted by molar-refractivity contribution is -0.121. The van der Waals surface area contributed by atoms with Crippen LogP contribution >= 0.6 is 0 Å². The number of rotatable bonds is 7. The lowest BCUT2D eigenvalue weighted by atomic mass is 10.1. The maximum absolute atomic E-state index is 11.7. The highest BCUT2D eigenvalue weighted by atomic mass is 16.1. The van der Waals surface area contributed by atoms with E-state index in [1.165, 1.54) is 25.9 Å².